The third-order valence-electron chi connectivity index (χ3n) is 2.28. The van der Waals surface area contributed by atoms with E-state index in [-0.39, 0.29) is 0 Å². The molecule has 2 heterocycles. The fraction of sp³-hybridized carbons (Fsp3) is 0.364. The Morgan fingerprint density at radius 1 is 1.50 bits per heavy atom. The molecule has 0 saturated carbocycles. The zero-order chi connectivity index (χ0) is 11.4. The summed E-state index contributed by atoms with van der Waals surface area (Å²) in [6.45, 7) is 2.10. The second-order valence-corrected chi connectivity index (χ2v) is 4.57. The van der Waals surface area contributed by atoms with Crippen LogP contribution in [-0.2, 0) is 19.6 Å². The van der Waals surface area contributed by atoms with Crippen LogP contribution in [0.5, 0.6) is 0 Å². The lowest BCUT2D eigenvalue weighted by molar-refractivity contribution is 0.266. The van der Waals surface area contributed by atoms with Crippen molar-refractivity contribution >= 4 is 11.3 Å². The molecular weight excluding hydrogens is 222 g/mol. The van der Waals surface area contributed by atoms with Crippen molar-refractivity contribution in [2.45, 2.75) is 19.6 Å². The Hall–Kier alpha value is -1.17. The molecule has 0 saturated heterocycles. The van der Waals surface area contributed by atoms with Gasteiger partial charge in [-0.15, -0.1) is 0 Å². The second-order valence-electron chi connectivity index (χ2n) is 3.79. The quantitative estimate of drug-likeness (QED) is 0.862. The zero-order valence-corrected chi connectivity index (χ0v) is 10.0. The minimum absolute atomic E-state index is 0.428. The second kappa shape index (κ2) is 5.25. The summed E-state index contributed by atoms with van der Waals surface area (Å²) in [7, 11) is 2.06. The Morgan fingerprint density at radius 3 is 3.00 bits per heavy atom. The van der Waals surface area contributed by atoms with Crippen molar-refractivity contribution in [3.63, 3.8) is 0 Å². The van der Waals surface area contributed by atoms with E-state index < -0.39 is 0 Å². The number of nitrogens with two attached hydrogens (primary N) is 1. The number of aromatic nitrogens is 1. The molecule has 16 heavy (non-hydrogen) atoms. The summed E-state index contributed by atoms with van der Waals surface area (Å²) in [6.07, 6.45) is 0. The summed E-state index contributed by atoms with van der Waals surface area (Å²) < 4.78 is 5.18. The highest BCUT2D eigenvalue weighted by molar-refractivity contribution is 7.07. The first-order valence-corrected chi connectivity index (χ1v) is 6.06. The SMILES string of the molecule is CN(Cc1ccsc1)Cc1cc(CN)no1. The molecule has 5 heteroatoms. The van der Waals surface area contributed by atoms with E-state index in [9.17, 15) is 0 Å². The molecule has 0 unspecified atom stereocenters. The van der Waals surface area contributed by atoms with Crippen LogP contribution in [-0.4, -0.2) is 17.1 Å². The first-order valence-electron chi connectivity index (χ1n) is 5.12. The fourth-order valence-electron chi connectivity index (χ4n) is 1.54. The van der Waals surface area contributed by atoms with Gasteiger partial charge in [0.1, 0.15) is 0 Å². The summed E-state index contributed by atoms with van der Waals surface area (Å²) in [5, 5.41) is 8.10. The van der Waals surface area contributed by atoms with E-state index >= 15 is 0 Å². The van der Waals surface area contributed by atoms with Crippen molar-refractivity contribution in [1.29, 1.82) is 0 Å². The fourth-order valence-corrected chi connectivity index (χ4v) is 2.20. The molecule has 0 fully saturated rings. The van der Waals surface area contributed by atoms with E-state index in [2.05, 4.69) is 33.9 Å². The van der Waals surface area contributed by atoms with Crippen LogP contribution in [0.1, 0.15) is 17.0 Å². The highest BCUT2D eigenvalue weighted by atomic mass is 32.1. The monoisotopic (exact) mass is 237 g/mol. The molecule has 0 spiro atoms. The van der Waals surface area contributed by atoms with Gasteiger partial charge in [0.2, 0.25) is 0 Å². The topological polar surface area (TPSA) is 55.3 Å². The van der Waals surface area contributed by atoms with Crippen molar-refractivity contribution in [1.82, 2.24) is 10.1 Å². The molecule has 2 aromatic heterocycles. The molecule has 86 valence electrons. The smallest absolute Gasteiger partial charge is 0.151 e. The summed E-state index contributed by atoms with van der Waals surface area (Å²) in [6, 6.07) is 4.04. The minimum atomic E-state index is 0.428. The lowest BCUT2D eigenvalue weighted by Crippen LogP contribution is -2.16. The lowest BCUT2D eigenvalue weighted by Gasteiger charge is -2.13. The molecule has 0 radical (unpaired) electrons. The van der Waals surface area contributed by atoms with Gasteiger partial charge in [0.15, 0.2) is 5.76 Å². The van der Waals surface area contributed by atoms with E-state index in [4.69, 9.17) is 10.3 Å². The summed E-state index contributed by atoms with van der Waals surface area (Å²) in [5.74, 6) is 0.859. The Labute approximate surface area is 98.7 Å². The van der Waals surface area contributed by atoms with Crippen LogP contribution in [0.15, 0.2) is 27.4 Å². The van der Waals surface area contributed by atoms with Gasteiger partial charge in [-0.1, -0.05) is 5.16 Å². The van der Waals surface area contributed by atoms with Gasteiger partial charge >= 0.3 is 0 Å². The molecule has 2 rings (SSSR count). The largest absolute Gasteiger partial charge is 0.360 e. The molecule has 2 aromatic rings. The Balaban J connectivity index is 1.89. The number of thiophene rings is 1. The molecule has 0 atom stereocenters. The van der Waals surface area contributed by atoms with Crippen molar-refractivity contribution in [3.8, 4) is 0 Å². The van der Waals surface area contributed by atoms with Crippen LogP contribution in [0.3, 0.4) is 0 Å². The summed E-state index contributed by atoms with van der Waals surface area (Å²) in [5.41, 5.74) is 7.60. The standard InChI is InChI=1S/C11H15N3OS/c1-14(6-9-2-3-16-8-9)7-11-4-10(5-12)13-15-11/h2-4,8H,5-7,12H2,1H3. The minimum Gasteiger partial charge on any atom is -0.360 e. The van der Waals surface area contributed by atoms with E-state index in [0.717, 1.165) is 24.5 Å². The molecule has 0 aliphatic heterocycles. The number of hydrogen-bond acceptors (Lipinski definition) is 5. The predicted octanol–water partition coefficient (Wildman–Crippen LogP) is 1.83. The average Bonchev–Trinajstić information content (AvgIpc) is 2.89. The molecular formula is C11H15N3OS. The van der Waals surface area contributed by atoms with Gasteiger partial charge in [0.05, 0.1) is 12.2 Å². The molecule has 4 nitrogen and oxygen atoms in total. The molecule has 2 N–H and O–H groups in total. The van der Waals surface area contributed by atoms with Crippen molar-refractivity contribution in [3.05, 3.63) is 39.9 Å². The summed E-state index contributed by atoms with van der Waals surface area (Å²) in [4.78, 5) is 2.18. The van der Waals surface area contributed by atoms with Gasteiger partial charge in [-0.3, -0.25) is 4.90 Å². The summed E-state index contributed by atoms with van der Waals surface area (Å²) >= 11 is 1.72. The number of hydrogen-bond donors (Lipinski definition) is 1. The first kappa shape index (κ1) is 11.3. The number of rotatable bonds is 5. The van der Waals surface area contributed by atoms with E-state index in [1.165, 1.54) is 5.56 Å². The van der Waals surface area contributed by atoms with Crippen LogP contribution in [0.2, 0.25) is 0 Å². The molecule has 0 aliphatic carbocycles. The van der Waals surface area contributed by atoms with E-state index in [0.29, 0.717) is 6.54 Å². The average molecular weight is 237 g/mol. The lowest BCUT2D eigenvalue weighted by atomic mass is 10.3. The number of nitrogens with zero attached hydrogens (tertiary/aromatic N) is 2. The Morgan fingerprint density at radius 2 is 2.38 bits per heavy atom. The molecule has 0 amide bonds. The molecule has 0 aromatic carbocycles. The van der Waals surface area contributed by atoms with E-state index in [1.54, 1.807) is 11.3 Å². The van der Waals surface area contributed by atoms with Crippen LogP contribution in [0.4, 0.5) is 0 Å². The maximum Gasteiger partial charge on any atom is 0.151 e. The highest BCUT2D eigenvalue weighted by Crippen LogP contribution is 2.11. The third-order valence-corrected chi connectivity index (χ3v) is 3.01. The van der Waals surface area contributed by atoms with Gasteiger partial charge in [0.25, 0.3) is 0 Å². The van der Waals surface area contributed by atoms with Gasteiger partial charge < -0.3 is 10.3 Å². The van der Waals surface area contributed by atoms with Gasteiger partial charge in [-0.2, -0.15) is 11.3 Å². The van der Waals surface area contributed by atoms with Crippen molar-refractivity contribution in [2.24, 2.45) is 5.73 Å². The van der Waals surface area contributed by atoms with Gasteiger partial charge in [0, 0.05) is 19.2 Å². The Kier molecular flexibility index (Phi) is 3.71. The maximum atomic E-state index is 5.47. The zero-order valence-electron chi connectivity index (χ0n) is 9.22. The van der Waals surface area contributed by atoms with Crippen LogP contribution in [0.25, 0.3) is 0 Å². The van der Waals surface area contributed by atoms with E-state index in [1.807, 2.05) is 6.07 Å². The maximum absolute atomic E-state index is 5.47. The van der Waals surface area contributed by atoms with Crippen LogP contribution in [0, 0.1) is 0 Å². The molecule has 0 aliphatic rings. The van der Waals surface area contributed by atoms with Gasteiger partial charge in [-0.05, 0) is 29.4 Å². The van der Waals surface area contributed by atoms with Gasteiger partial charge in [-0.25, -0.2) is 0 Å². The third kappa shape index (κ3) is 2.91. The van der Waals surface area contributed by atoms with Crippen molar-refractivity contribution < 1.29 is 4.52 Å². The van der Waals surface area contributed by atoms with Crippen molar-refractivity contribution in [2.75, 3.05) is 7.05 Å². The van der Waals surface area contributed by atoms with Crippen LogP contribution < -0.4 is 5.73 Å². The normalized spacial score (nSPS) is 11.2. The predicted molar refractivity (Wildman–Crippen MR) is 63.9 cm³/mol. The molecule has 0 bridgehead atoms. The Bertz CT molecular complexity index is 424. The first-order chi connectivity index (χ1) is 7.78. The van der Waals surface area contributed by atoms with Crippen LogP contribution >= 0.6 is 11.3 Å². The highest BCUT2D eigenvalue weighted by Gasteiger charge is 2.07.